The summed E-state index contributed by atoms with van der Waals surface area (Å²) in [5.41, 5.74) is 1.22. The molecule has 0 saturated carbocycles. The van der Waals surface area contributed by atoms with Crippen molar-refractivity contribution >= 4 is 12.9 Å². The van der Waals surface area contributed by atoms with Crippen molar-refractivity contribution in [2.24, 2.45) is 5.41 Å². The zero-order valence-electron chi connectivity index (χ0n) is 15.4. The van der Waals surface area contributed by atoms with E-state index in [1.54, 1.807) is 6.07 Å². The number of ether oxygens (including phenoxy) is 1. The van der Waals surface area contributed by atoms with Crippen molar-refractivity contribution in [3.8, 4) is 5.75 Å². The van der Waals surface area contributed by atoms with Gasteiger partial charge in [-0.05, 0) is 11.6 Å². The van der Waals surface area contributed by atoms with Crippen LogP contribution in [-0.4, -0.2) is 18.3 Å². The first-order valence-electron chi connectivity index (χ1n) is 9.01. The predicted octanol–water partition coefficient (Wildman–Crippen LogP) is 5.14. The Bertz CT molecular complexity index is 905. The molecule has 0 aromatic heterocycles. The van der Waals surface area contributed by atoms with E-state index in [1.807, 2.05) is 62.4 Å². The average molecular weight is 386 g/mol. The molecule has 0 amide bonds. The van der Waals surface area contributed by atoms with Gasteiger partial charge in [-0.1, -0.05) is 62.4 Å². The monoisotopic (exact) mass is 386 g/mol. The van der Waals surface area contributed by atoms with Crippen LogP contribution in [0.3, 0.4) is 0 Å². The lowest BCUT2D eigenvalue weighted by Crippen LogP contribution is -2.30. The minimum Gasteiger partial charge on any atom is -0.460 e. The second kappa shape index (κ2) is 6.92. The van der Waals surface area contributed by atoms with Crippen molar-refractivity contribution < 1.29 is 23.5 Å². The molecule has 2 aliphatic heterocycles. The molecule has 0 bridgehead atoms. The van der Waals surface area contributed by atoms with Crippen molar-refractivity contribution in [2.45, 2.75) is 26.4 Å². The molecule has 1 fully saturated rings. The number of hydrogen-bond donors (Lipinski definition) is 1. The Kier molecular flexibility index (Phi) is 4.73. The summed E-state index contributed by atoms with van der Waals surface area (Å²) in [5.74, 6) is 0.985. The average Bonchev–Trinajstić information content (AvgIpc) is 2.66. The molecule has 2 heterocycles. The van der Waals surface area contributed by atoms with Gasteiger partial charge >= 0.3 is 7.60 Å². The van der Waals surface area contributed by atoms with Gasteiger partial charge in [0.1, 0.15) is 16.8 Å². The highest BCUT2D eigenvalue weighted by Gasteiger charge is 2.43. The molecule has 0 aliphatic carbocycles. The van der Waals surface area contributed by atoms with Gasteiger partial charge in [-0.15, -0.1) is 0 Å². The van der Waals surface area contributed by atoms with Crippen LogP contribution < -0.4 is 4.74 Å². The highest BCUT2D eigenvalue weighted by molar-refractivity contribution is 7.65. The maximum atomic E-state index is 13.7. The molecule has 1 N–H and O–H groups in total. The number of aliphatic hydroxyl groups excluding tert-OH is 1. The molecule has 1 unspecified atom stereocenters. The first kappa shape index (κ1) is 18.5. The van der Waals surface area contributed by atoms with Gasteiger partial charge in [0.25, 0.3) is 0 Å². The molecule has 0 radical (unpaired) electrons. The molecule has 2 aromatic rings. The first-order chi connectivity index (χ1) is 12.9. The number of benzene rings is 2. The third-order valence-electron chi connectivity index (χ3n) is 4.73. The second-order valence-corrected chi connectivity index (χ2v) is 9.66. The summed E-state index contributed by atoms with van der Waals surface area (Å²) in [6, 6.07) is 16.6. The van der Waals surface area contributed by atoms with E-state index in [9.17, 15) is 9.67 Å². The van der Waals surface area contributed by atoms with Crippen LogP contribution in [0.25, 0.3) is 5.31 Å². The smallest absolute Gasteiger partial charge is 0.365 e. The van der Waals surface area contributed by atoms with Gasteiger partial charge in [0.15, 0.2) is 0 Å². The Hall–Kier alpha value is -1.91. The van der Waals surface area contributed by atoms with E-state index in [4.69, 9.17) is 13.8 Å². The van der Waals surface area contributed by atoms with E-state index in [1.165, 1.54) is 0 Å². The largest absolute Gasteiger partial charge is 0.460 e. The van der Waals surface area contributed by atoms with Crippen molar-refractivity contribution in [1.82, 2.24) is 0 Å². The lowest BCUT2D eigenvalue weighted by atomic mass is 9.97. The second-order valence-electron chi connectivity index (χ2n) is 7.71. The van der Waals surface area contributed by atoms with Gasteiger partial charge in [0.05, 0.1) is 19.3 Å². The van der Waals surface area contributed by atoms with Gasteiger partial charge in [-0.2, -0.15) is 0 Å². The molecule has 27 heavy (non-hydrogen) atoms. The Labute approximate surface area is 159 Å². The first-order valence-corrected chi connectivity index (χ1v) is 10.6. The molecule has 2 aliphatic rings. The fourth-order valence-electron chi connectivity index (χ4n) is 3.25. The quantitative estimate of drug-likeness (QED) is 0.724. The lowest BCUT2D eigenvalue weighted by molar-refractivity contribution is 0.0464. The Morgan fingerprint density at radius 3 is 2.37 bits per heavy atom. The Morgan fingerprint density at radius 1 is 1.04 bits per heavy atom. The molecule has 0 spiro atoms. The normalized spacial score (nSPS) is 25.2. The van der Waals surface area contributed by atoms with E-state index in [0.717, 1.165) is 5.56 Å². The number of fused-ring (bicyclic) bond motifs is 1. The molecule has 4 rings (SSSR count). The molecule has 2 aromatic carbocycles. The summed E-state index contributed by atoms with van der Waals surface area (Å²) in [6.45, 7) is 4.66. The zero-order chi connectivity index (χ0) is 19.1. The lowest BCUT2D eigenvalue weighted by Gasteiger charge is -2.36. The van der Waals surface area contributed by atoms with E-state index in [2.05, 4.69) is 0 Å². The predicted molar refractivity (Wildman–Crippen MR) is 103 cm³/mol. The standard InChI is InChI=1S/C21H23O5P/c1-21(2)13-24-27(23,25-14-21)20(15-8-4-3-5-9-15)19-12-17(22)16-10-6-7-11-18(16)26-19/h3-11,17,22H,12-14H2,1-2H3/b20-19-. The minimum absolute atomic E-state index is 0.208. The highest BCUT2D eigenvalue weighted by Crippen LogP contribution is 2.65. The summed E-state index contributed by atoms with van der Waals surface area (Å²) < 4.78 is 31.3. The molecule has 1 atom stereocenters. The SMILES string of the molecule is CC1(C)COP(=O)(/C(=C2/CC(O)c3ccccc3O2)c2ccccc2)OC1. The maximum absolute atomic E-state index is 13.7. The summed E-state index contributed by atoms with van der Waals surface area (Å²) in [7, 11) is -3.59. The van der Waals surface area contributed by atoms with Crippen LogP contribution in [0.5, 0.6) is 5.75 Å². The van der Waals surface area contributed by atoms with Crippen LogP contribution in [0.2, 0.25) is 0 Å². The van der Waals surface area contributed by atoms with Gasteiger partial charge in [0, 0.05) is 17.4 Å². The van der Waals surface area contributed by atoms with Crippen LogP contribution in [0.4, 0.5) is 0 Å². The minimum atomic E-state index is -3.59. The number of hydrogen-bond acceptors (Lipinski definition) is 5. The highest BCUT2D eigenvalue weighted by atomic mass is 31.2. The summed E-state index contributed by atoms with van der Waals surface area (Å²) in [6.07, 6.45) is -0.530. The maximum Gasteiger partial charge on any atom is 0.365 e. The summed E-state index contributed by atoms with van der Waals surface area (Å²) in [4.78, 5) is 0. The third kappa shape index (κ3) is 3.61. The number of rotatable bonds is 2. The molecule has 5 nitrogen and oxygen atoms in total. The van der Waals surface area contributed by atoms with Gasteiger partial charge in [-0.3, -0.25) is 4.57 Å². The van der Waals surface area contributed by atoms with Gasteiger partial charge in [0.2, 0.25) is 0 Å². The van der Waals surface area contributed by atoms with Crippen LogP contribution in [0, 0.1) is 5.41 Å². The fraction of sp³-hybridized carbons (Fsp3) is 0.333. The van der Waals surface area contributed by atoms with Crippen LogP contribution >= 0.6 is 7.60 Å². The van der Waals surface area contributed by atoms with Crippen molar-refractivity contribution in [2.75, 3.05) is 13.2 Å². The van der Waals surface area contributed by atoms with E-state index in [0.29, 0.717) is 35.6 Å². The molecule has 142 valence electrons. The van der Waals surface area contributed by atoms with Crippen molar-refractivity contribution in [3.63, 3.8) is 0 Å². The Morgan fingerprint density at radius 2 is 1.67 bits per heavy atom. The Balaban J connectivity index is 1.83. The van der Waals surface area contributed by atoms with E-state index in [-0.39, 0.29) is 11.8 Å². The van der Waals surface area contributed by atoms with E-state index >= 15 is 0 Å². The van der Waals surface area contributed by atoms with Crippen LogP contribution in [0.15, 0.2) is 60.4 Å². The summed E-state index contributed by atoms with van der Waals surface area (Å²) in [5, 5.41) is 11.0. The molecular formula is C21H23O5P. The van der Waals surface area contributed by atoms with Crippen molar-refractivity contribution in [1.29, 1.82) is 0 Å². The van der Waals surface area contributed by atoms with E-state index < -0.39 is 13.7 Å². The van der Waals surface area contributed by atoms with Crippen LogP contribution in [-0.2, 0) is 13.6 Å². The third-order valence-corrected chi connectivity index (χ3v) is 6.72. The topological polar surface area (TPSA) is 65.0 Å². The van der Waals surface area contributed by atoms with Gasteiger partial charge < -0.3 is 18.9 Å². The summed E-state index contributed by atoms with van der Waals surface area (Å²) >= 11 is 0. The fourth-order valence-corrected chi connectivity index (χ4v) is 5.53. The zero-order valence-corrected chi connectivity index (χ0v) is 16.3. The van der Waals surface area contributed by atoms with Crippen molar-refractivity contribution in [3.05, 3.63) is 71.5 Å². The number of aliphatic hydroxyl groups is 1. The molecule has 6 heteroatoms. The van der Waals surface area contributed by atoms with Gasteiger partial charge in [-0.25, -0.2) is 0 Å². The molecular weight excluding hydrogens is 363 g/mol. The molecule has 1 saturated heterocycles. The number of para-hydroxylation sites is 1. The van der Waals surface area contributed by atoms with Crippen LogP contribution in [0.1, 0.15) is 37.5 Å².